The standard InChI is InChI=1S/C13H12ClN3O/c14-10-2-1-3-11(12(10)13(15)16)18-8-9-4-6-17-7-5-9/h1-7H,8H2,(H3,15,16). The molecule has 0 saturated carbocycles. The predicted molar refractivity (Wildman–Crippen MR) is 71.0 cm³/mol. The summed E-state index contributed by atoms with van der Waals surface area (Å²) < 4.78 is 5.63. The lowest BCUT2D eigenvalue weighted by Crippen LogP contribution is -2.13. The maximum atomic E-state index is 7.50. The third-order valence-corrected chi connectivity index (χ3v) is 2.70. The molecule has 1 aromatic carbocycles. The maximum absolute atomic E-state index is 7.50. The first-order valence-electron chi connectivity index (χ1n) is 5.33. The molecule has 0 bridgehead atoms. The van der Waals surface area contributed by atoms with Crippen LogP contribution in [0.15, 0.2) is 42.7 Å². The number of ether oxygens (including phenoxy) is 1. The second-order valence-electron chi connectivity index (χ2n) is 3.67. The minimum Gasteiger partial charge on any atom is -0.488 e. The number of nitrogens with two attached hydrogens (primary N) is 1. The summed E-state index contributed by atoms with van der Waals surface area (Å²) in [5, 5.41) is 7.92. The van der Waals surface area contributed by atoms with Crippen molar-refractivity contribution in [2.75, 3.05) is 0 Å². The number of nitrogens with zero attached hydrogens (tertiary/aromatic N) is 1. The Bertz CT molecular complexity index is 557. The Balaban J connectivity index is 2.20. The molecule has 0 unspecified atom stereocenters. The van der Waals surface area contributed by atoms with Crippen LogP contribution in [0.5, 0.6) is 5.75 Å². The molecule has 4 nitrogen and oxygen atoms in total. The lowest BCUT2D eigenvalue weighted by atomic mass is 10.2. The van der Waals surface area contributed by atoms with Crippen LogP contribution in [0.3, 0.4) is 0 Å². The van der Waals surface area contributed by atoms with Crippen molar-refractivity contribution in [3.8, 4) is 5.75 Å². The van der Waals surface area contributed by atoms with Crippen molar-refractivity contribution in [2.45, 2.75) is 6.61 Å². The first-order valence-corrected chi connectivity index (χ1v) is 5.71. The van der Waals surface area contributed by atoms with Crippen molar-refractivity contribution in [1.82, 2.24) is 4.98 Å². The van der Waals surface area contributed by atoms with Crippen LogP contribution in [-0.4, -0.2) is 10.8 Å². The first-order chi connectivity index (χ1) is 8.68. The van der Waals surface area contributed by atoms with Gasteiger partial charge in [-0.25, -0.2) is 0 Å². The molecule has 0 spiro atoms. The Hall–Kier alpha value is -2.07. The molecule has 0 amide bonds. The lowest BCUT2D eigenvalue weighted by Gasteiger charge is -2.11. The van der Waals surface area contributed by atoms with Gasteiger partial charge in [-0.1, -0.05) is 17.7 Å². The molecule has 0 saturated heterocycles. The fraction of sp³-hybridized carbons (Fsp3) is 0.0769. The highest BCUT2D eigenvalue weighted by atomic mass is 35.5. The van der Waals surface area contributed by atoms with Crippen LogP contribution in [0.4, 0.5) is 0 Å². The van der Waals surface area contributed by atoms with Gasteiger partial charge < -0.3 is 10.5 Å². The summed E-state index contributed by atoms with van der Waals surface area (Å²) in [6.45, 7) is 0.378. The Labute approximate surface area is 110 Å². The van der Waals surface area contributed by atoms with Gasteiger partial charge in [-0.15, -0.1) is 0 Å². The van der Waals surface area contributed by atoms with E-state index in [-0.39, 0.29) is 5.84 Å². The van der Waals surface area contributed by atoms with E-state index >= 15 is 0 Å². The number of amidine groups is 1. The fourth-order valence-corrected chi connectivity index (χ4v) is 1.79. The summed E-state index contributed by atoms with van der Waals surface area (Å²) >= 11 is 6.00. The minimum atomic E-state index is -0.106. The molecule has 0 aliphatic heterocycles. The molecule has 1 aromatic heterocycles. The number of rotatable bonds is 4. The van der Waals surface area contributed by atoms with E-state index in [4.69, 9.17) is 27.5 Å². The van der Waals surface area contributed by atoms with E-state index in [0.717, 1.165) is 5.56 Å². The second-order valence-corrected chi connectivity index (χ2v) is 4.08. The maximum Gasteiger partial charge on any atom is 0.132 e. The van der Waals surface area contributed by atoms with Crippen molar-refractivity contribution in [3.05, 3.63) is 58.9 Å². The van der Waals surface area contributed by atoms with E-state index in [2.05, 4.69) is 4.98 Å². The van der Waals surface area contributed by atoms with Gasteiger partial charge in [0.2, 0.25) is 0 Å². The SMILES string of the molecule is N=C(N)c1c(Cl)cccc1OCc1ccncc1. The highest BCUT2D eigenvalue weighted by molar-refractivity contribution is 6.34. The van der Waals surface area contributed by atoms with E-state index in [1.807, 2.05) is 12.1 Å². The number of hydrogen-bond acceptors (Lipinski definition) is 3. The van der Waals surface area contributed by atoms with Gasteiger partial charge in [-0.05, 0) is 29.8 Å². The first kappa shape index (κ1) is 12.4. The number of pyridine rings is 1. The summed E-state index contributed by atoms with van der Waals surface area (Å²) in [6.07, 6.45) is 3.39. The lowest BCUT2D eigenvalue weighted by molar-refractivity contribution is 0.305. The molecule has 1 heterocycles. The van der Waals surface area contributed by atoms with Crippen molar-refractivity contribution in [3.63, 3.8) is 0 Å². The van der Waals surface area contributed by atoms with Crippen LogP contribution in [0.1, 0.15) is 11.1 Å². The monoisotopic (exact) mass is 261 g/mol. The number of nitrogen functional groups attached to an aromatic ring is 1. The predicted octanol–water partition coefficient (Wildman–Crippen LogP) is 2.60. The van der Waals surface area contributed by atoms with Gasteiger partial charge in [-0.2, -0.15) is 0 Å². The van der Waals surface area contributed by atoms with Crippen LogP contribution in [-0.2, 0) is 6.61 Å². The zero-order valence-corrected chi connectivity index (χ0v) is 10.3. The molecule has 0 aliphatic carbocycles. The highest BCUT2D eigenvalue weighted by Gasteiger charge is 2.11. The van der Waals surface area contributed by atoms with Crippen LogP contribution >= 0.6 is 11.6 Å². The summed E-state index contributed by atoms with van der Waals surface area (Å²) in [4.78, 5) is 3.93. The Morgan fingerprint density at radius 1 is 1.28 bits per heavy atom. The number of aromatic nitrogens is 1. The molecular formula is C13H12ClN3O. The van der Waals surface area contributed by atoms with E-state index < -0.39 is 0 Å². The van der Waals surface area contributed by atoms with E-state index in [0.29, 0.717) is 22.9 Å². The third-order valence-electron chi connectivity index (χ3n) is 2.39. The van der Waals surface area contributed by atoms with Crippen LogP contribution in [0, 0.1) is 5.41 Å². The van der Waals surface area contributed by atoms with Gasteiger partial charge in [0.15, 0.2) is 0 Å². The Morgan fingerprint density at radius 3 is 2.67 bits per heavy atom. The zero-order valence-electron chi connectivity index (χ0n) is 9.56. The van der Waals surface area contributed by atoms with Gasteiger partial charge in [-0.3, -0.25) is 10.4 Å². The molecule has 0 radical (unpaired) electrons. The van der Waals surface area contributed by atoms with Gasteiger partial charge in [0, 0.05) is 12.4 Å². The molecular weight excluding hydrogens is 250 g/mol. The highest BCUT2D eigenvalue weighted by Crippen LogP contribution is 2.26. The van der Waals surface area contributed by atoms with Crippen LogP contribution < -0.4 is 10.5 Å². The molecule has 2 aromatic rings. The Kier molecular flexibility index (Phi) is 3.79. The summed E-state index contributed by atoms with van der Waals surface area (Å²) in [5.74, 6) is 0.400. The van der Waals surface area contributed by atoms with E-state index in [1.165, 1.54) is 0 Å². The summed E-state index contributed by atoms with van der Waals surface area (Å²) in [6, 6.07) is 8.90. The topological polar surface area (TPSA) is 72.0 Å². The summed E-state index contributed by atoms with van der Waals surface area (Å²) in [7, 11) is 0. The van der Waals surface area contributed by atoms with Gasteiger partial charge >= 0.3 is 0 Å². The number of halogens is 1. The van der Waals surface area contributed by atoms with E-state index in [1.54, 1.807) is 30.6 Å². The van der Waals surface area contributed by atoms with Gasteiger partial charge in [0.05, 0.1) is 10.6 Å². The molecule has 5 heteroatoms. The van der Waals surface area contributed by atoms with E-state index in [9.17, 15) is 0 Å². The average molecular weight is 262 g/mol. The molecule has 92 valence electrons. The molecule has 0 atom stereocenters. The smallest absolute Gasteiger partial charge is 0.132 e. The van der Waals surface area contributed by atoms with Crippen LogP contribution in [0.25, 0.3) is 0 Å². The number of hydrogen-bond donors (Lipinski definition) is 2. The normalized spacial score (nSPS) is 10.1. The minimum absolute atomic E-state index is 0.106. The average Bonchev–Trinajstić information content (AvgIpc) is 2.37. The zero-order chi connectivity index (χ0) is 13.0. The van der Waals surface area contributed by atoms with Crippen molar-refractivity contribution in [1.29, 1.82) is 5.41 Å². The Morgan fingerprint density at radius 2 is 2.00 bits per heavy atom. The number of benzene rings is 1. The fourth-order valence-electron chi connectivity index (χ4n) is 1.53. The van der Waals surface area contributed by atoms with Crippen molar-refractivity contribution < 1.29 is 4.74 Å². The molecule has 2 rings (SSSR count). The van der Waals surface area contributed by atoms with Crippen molar-refractivity contribution in [2.24, 2.45) is 5.73 Å². The second kappa shape index (κ2) is 5.51. The largest absolute Gasteiger partial charge is 0.488 e. The van der Waals surface area contributed by atoms with Gasteiger partial charge in [0.25, 0.3) is 0 Å². The van der Waals surface area contributed by atoms with Gasteiger partial charge in [0.1, 0.15) is 18.2 Å². The summed E-state index contributed by atoms with van der Waals surface area (Å²) in [5.41, 5.74) is 6.90. The quantitative estimate of drug-likeness (QED) is 0.656. The van der Waals surface area contributed by atoms with Crippen LogP contribution in [0.2, 0.25) is 5.02 Å². The molecule has 18 heavy (non-hydrogen) atoms. The third kappa shape index (κ3) is 2.78. The molecule has 0 aliphatic rings. The number of nitrogens with one attached hydrogen (secondary N) is 1. The van der Waals surface area contributed by atoms with Crippen molar-refractivity contribution >= 4 is 17.4 Å². The molecule has 0 fully saturated rings. The molecule has 3 N–H and O–H groups in total.